The molecule has 2 heterocycles. The minimum atomic E-state index is -0.449. The van der Waals surface area contributed by atoms with Gasteiger partial charge in [0.2, 0.25) is 0 Å². The van der Waals surface area contributed by atoms with E-state index < -0.39 is 5.41 Å². The van der Waals surface area contributed by atoms with Crippen LogP contribution in [-0.2, 0) is 5.41 Å². The van der Waals surface area contributed by atoms with Crippen LogP contribution in [0, 0.1) is 0 Å². The van der Waals surface area contributed by atoms with Gasteiger partial charge in [-0.25, -0.2) is 9.97 Å². The summed E-state index contributed by atoms with van der Waals surface area (Å²) in [5.41, 5.74) is 12.4. The van der Waals surface area contributed by atoms with E-state index in [1.807, 2.05) is 17.8 Å². The first-order chi connectivity index (χ1) is 23.8. The molecule has 224 valence electrons. The largest absolute Gasteiger partial charge is 0.228 e. The summed E-state index contributed by atoms with van der Waals surface area (Å²) in [5.74, 6) is 0.723. The van der Waals surface area contributed by atoms with E-state index in [2.05, 4.69) is 164 Å². The molecule has 1 aliphatic heterocycles. The minimum absolute atomic E-state index is 0.449. The maximum absolute atomic E-state index is 5.33. The Morgan fingerprint density at radius 2 is 1.00 bits per heavy atom. The third-order valence-electron chi connectivity index (χ3n) is 9.97. The van der Waals surface area contributed by atoms with Gasteiger partial charge < -0.3 is 0 Å². The van der Waals surface area contributed by atoms with E-state index in [9.17, 15) is 0 Å². The van der Waals surface area contributed by atoms with Crippen LogP contribution in [0.2, 0.25) is 0 Å². The van der Waals surface area contributed by atoms with Crippen molar-refractivity contribution in [2.24, 2.45) is 0 Å². The summed E-state index contributed by atoms with van der Waals surface area (Å²) in [6.45, 7) is 0. The van der Waals surface area contributed by atoms with Gasteiger partial charge in [-0.2, -0.15) is 0 Å². The van der Waals surface area contributed by atoms with Crippen LogP contribution >= 0.6 is 11.8 Å². The highest BCUT2D eigenvalue weighted by atomic mass is 32.2. The molecule has 0 amide bonds. The van der Waals surface area contributed by atoms with Crippen LogP contribution in [-0.4, -0.2) is 9.97 Å². The Morgan fingerprint density at radius 1 is 0.396 bits per heavy atom. The van der Waals surface area contributed by atoms with Gasteiger partial charge in [-0.15, -0.1) is 0 Å². The molecule has 7 aromatic carbocycles. The Hall–Kier alpha value is -5.77. The second-order valence-electron chi connectivity index (χ2n) is 12.5. The molecule has 0 saturated heterocycles. The number of aromatic nitrogens is 2. The number of rotatable bonds is 3. The van der Waals surface area contributed by atoms with E-state index in [4.69, 9.17) is 9.97 Å². The number of nitrogens with zero attached hydrogens (tertiary/aromatic N) is 2. The Balaban J connectivity index is 1.25. The second kappa shape index (κ2) is 10.6. The lowest BCUT2D eigenvalue weighted by Gasteiger charge is -2.39. The monoisotopic (exact) mass is 628 g/mol. The van der Waals surface area contributed by atoms with Crippen molar-refractivity contribution in [3.05, 3.63) is 192 Å². The summed E-state index contributed by atoms with van der Waals surface area (Å²) < 4.78 is 0. The summed E-state index contributed by atoms with van der Waals surface area (Å²) in [7, 11) is 0. The molecule has 3 heteroatoms. The van der Waals surface area contributed by atoms with Gasteiger partial charge in [-0.3, -0.25) is 0 Å². The van der Waals surface area contributed by atoms with Crippen molar-refractivity contribution in [3.8, 4) is 45.0 Å². The predicted octanol–water partition coefficient (Wildman–Crippen LogP) is 11.5. The van der Waals surface area contributed by atoms with Crippen LogP contribution < -0.4 is 0 Å². The maximum atomic E-state index is 5.33. The molecule has 2 aliphatic rings. The molecule has 0 bridgehead atoms. The molecule has 0 saturated carbocycles. The van der Waals surface area contributed by atoms with Gasteiger partial charge in [0.25, 0.3) is 0 Å². The first-order valence-electron chi connectivity index (χ1n) is 16.3. The molecule has 8 aromatic rings. The van der Waals surface area contributed by atoms with Crippen molar-refractivity contribution in [1.29, 1.82) is 0 Å². The van der Waals surface area contributed by atoms with E-state index in [0.717, 1.165) is 33.9 Å². The van der Waals surface area contributed by atoms with Gasteiger partial charge in [0, 0.05) is 26.5 Å². The zero-order valence-electron chi connectivity index (χ0n) is 26.0. The number of hydrogen-bond donors (Lipinski definition) is 0. The van der Waals surface area contributed by atoms with E-state index >= 15 is 0 Å². The maximum Gasteiger partial charge on any atom is 0.160 e. The highest BCUT2D eigenvalue weighted by Crippen LogP contribution is 2.62. The van der Waals surface area contributed by atoms with Crippen molar-refractivity contribution in [2.45, 2.75) is 15.2 Å². The number of benzene rings is 7. The van der Waals surface area contributed by atoms with Gasteiger partial charge in [-0.1, -0.05) is 157 Å². The van der Waals surface area contributed by atoms with E-state index in [-0.39, 0.29) is 0 Å². The fraction of sp³-hybridized carbons (Fsp3) is 0.0222. The van der Waals surface area contributed by atoms with Crippen molar-refractivity contribution in [3.63, 3.8) is 0 Å². The van der Waals surface area contributed by atoms with Gasteiger partial charge >= 0.3 is 0 Å². The lowest BCUT2D eigenvalue weighted by Crippen LogP contribution is -2.32. The molecule has 1 aromatic heterocycles. The first kappa shape index (κ1) is 27.4. The van der Waals surface area contributed by atoms with Crippen LogP contribution in [0.4, 0.5) is 0 Å². The lowest BCUT2D eigenvalue weighted by atomic mass is 9.67. The topological polar surface area (TPSA) is 25.8 Å². The minimum Gasteiger partial charge on any atom is -0.228 e. The number of fused-ring (bicyclic) bond motifs is 10. The Bertz CT molecular complexity index is 2500. The fourth-order valence-electron chi connectivity index (χ4n) is 7.92. The van der Waals surface area contributed by atoms with Gasteiger partial charge in [0.1, 0.15) is 0 Å². The lowest BCUT2D eigenvalue weighted by molar-refractivity contribution is 0.722. The standard InChI is InChI=1S/C45H28N2S/c1-2-14-30(15-3-1)40-28-41(35-20-12-16-29-13-4-5-17-32(29)35)47-44(46-40)31-25-26-43-39(27-31)45(38-23-10-11-24-42(38)48-43)36-21-8-6-18-33(36)34-19-7-9-22-37(34)45/h1-28H. The molecule has 0 N–H and O–H groups in total. The molecular formula is C45H28N2S. The molecule has 0 atom stereocenters. The molecule has 0 unspecified atom stereocenters. The van der Waals surface area contributed by atoms with E-state index in [1.54, 1.807) is 0 Å². The second-order valence-corrected chi connectivity index (χ2v) is 13.6. The van der Waals surface area contributed by atoms with Gasteiger partial charge in [-0.05, 0) is 68.4 Å². The van der Waals surface area contributed by atoms with Crippen LogP contribution in [0.1, 0.15) is 22.3 Å². The summed E-state index contributed by atoms with van der Waals surface area (Å²) in [5, 5.41) is 2.38. The van der Waals surface area contributed by atoms with Crippen molar-refractivity contribution < 1.29 is 0 Å². The Labute approximate surface area is 283 Å². The normalized spacial score (nSPS) is 13.5. The third kappa shape index (κ3) is 3.95. The van der Waals surface area contributed by atoms with E-state index in [0.29, 0.717) is 0 Å². The quantitative estimate of drug-likeness (QED) is 0.195. The fourth-order valence-corrected chi connectivity index (χ4v) is 9.09. The average molecular weight is 629 g/mol. The van der Waals surface area contributed by atoms with Crippen molar-refractivity contribution in [1.82, 2.24) is 9.97 Å². The molecule has 1 spiro atoms. The summed E-state index contributed by atoms with van der Waals surface area (Å²) >= 11 is 1.86. The summed E-state index contributed by atoms with van der Waals surface area (Å²) in [6.07, 6.45) is 0. The SMILES string of the molecule is c1ccc(-c2cc(-c3cccc4ccccc34)nc(-c3ccc4c(c3)C3(c5ccccc5S4)c4ccccc4-c4ccccc43)n2)cc1. The van der Waals surface area contributed by atoms with Gasteiger partial charge in [0.05, 0.1) is 16.8 Å². The molecule has 0 radical (unpaired) electrons. The van der Waals surface area contributed by atoms with Crippen molar-refractivity contribution in [2.75, 3.05) is 0 Å². The zero-order valence-corrected chi connectivity index (χ0v) is 26.8. The predicted molar refractivity (Wildman–Crippen MR) is 197 cm³/mol. The first-order valence-corrected chi connectivity index (χ1v) is 17.1. The molecular weight excluding hydrogens is 601 g/mol. The van der Waals surface area contributed by atoms with Crippen molar-refractivity contribution >= 4 is 22.5 Å². The van der Waals surface area contributed by atoms with Crippen LogP contribution in [0.25, 0.3) is 55.8 Å². The highest BCUT2D eigenvalue weighted by molar-refractivity contribution is 7.99. The van der Waals surface area contributed by atoms with Crippen LogP contribution in [0.5, 0.6) is 0 Å². The Kier molecular flexibility index (Phi) is 6.06. The average Bonchev–Trinajstić information content (AvgIpc) is 3.45. The molecule has 48 heavy (non-hydrogen) atoms. The number of hydrogen-bond acceptors (Lipinski definition) is 3. The van der Waals surface area contributed by atoms with Gasteiger partial charge in [0.15, 0.2) is 5.82 Å². The smallest absolute Gasteiger partial charge is 0.160 e. The highest BCUT2D eigenvalue weighted by Gasteiger charge is 2.50. The van der Waals surface area contributed by atoms with E-state index in [1.165, 1.54) is 53.9 Å². The molecule has 1 aliphatic carbocycles. The molecule has 10 rings (SSSR count). The Morgan fingerprint density at radius 3 is 1.81 bits per heavy atom. The molecule has 2 nitrogen and oxygen atoms in total. The summed E-state index contributed by atoms with van der Waals surface area (Å²) in [6, 6.07) is 61.2. The van der Waals surface area contributed by atoms with Crippen LogP contribution in [0.15, 0.2) is 180 Å². The summed E-state index contributed by atoms with van der Waals surface area (Å²) in [4.78, 5) is 13.1. The van der Waals surface area contributed by atoms with Crippen LogP contribution in [0.3, 0.4) is 0 Å². The molecule has 0 fully saturated rings. The zero-order chi connectivity index (χ0) is 31.7. The third-order valence-corrected chi connectivity index (χ3v) is 11.1.